The van der Waals surface area contributed by atoms with Gasteiger partial charge in [0.2, 0.25) is 0 Å². The molecule has 0 saturated heterocycles. The second kappa shape index (κ2) is 9.15. The highest BCUT2D eigenvalue weighted by molar-refractivity contribution is 7.99. The molecule has 2 N–H and O–H groups in total. The first-order valence-electron chi connectivity index (χ1n) is 10.5. The van der Waals surface area contributed by atoms with Gasteiger partial charge in [0.25, 0.3) is 0 Å². The number of benzene rings is 3. The Bertz CT molecular complexity index is 1290. The number of aromatic nitrogens is 2. The first-order chi connectivity index (χ1) is 15.4. The molecule has 0 bridgehead atoms. The highest BCUT2D eigenvalue weighted by atomic mass is 32.2. The van der Waals surface area contributed by atoms with Gasteiger partial charge in [-0.1, -0.05) is 32.0 Å². The molecule has 162 valence electrons. The maximum atomic E-state index is 15.2. The summed E-state index contributed by atoms with van der Waals surface area (Å²) >= 11 is 1.81. The summed E-state index contributed by atoms with van der Waals surface area (Å²) < 4.78 is 15.2. The van der Waals surface area contributed by atoms with Crippen LogP contribution in [0.4, 0.5) is 4.39 Å². The van der Waals surface area contributed by atoms with Crippen LogP contribution < -0.4 is 5.32 Å². The molecule has 4 rings (SSSR count). The Morgan fingerprint density at radius 3 is 2.53 bits per heavy atom. The number of hydrogen-bond donors (Lipinski definition) is 2. The first-order valence-corrected chi connectivity index (χ1v) is 11.4. The average molecular weight is 445 g/mol. The summed E-state index contributed by atoms with van der Waals surface area (Å²) in [6, 6.07) is 17.6. The van der Waals surface area contributed by atoms with Crippen molar-refractivity contribution >= 4 is 22.7 Å². The molecule has 0 amide bonds. The Morgan fingerprint density at radius 1 is 1.16 bits per heavy atom. The van der Waals surface area contributed by atoms with Crippen LogP contribution in [0.2, 0.25) is 0 Å². The molecule has 0 radical (unpaired) electrons. The molecule has 0 fully saturated rings. The van der Waals surface area contributed by atoms with Crippen LogP contribution in [0.5, 0.6) is 0 Å². The SMILES string of the molecule is CNCc1cc(C)c(-c2cc3c(-c4ccc(SC(C)C)cc4)n[nH]c3cc2C#N)c(F)c1. The highest BCUT2D eigenvalue weighted by Crippen LogP contribution is 2.36. The van der Waals surface area contributed by atoms with Crippen LogP contribution in [0.25, 0.3) is 33.3 Å². The minimum atomic E-state index is -0.328. The van der Waals surface area contributed by atoms with Crippen LogP contribution >= 0.6 is 11.8 Å². The molecule has 0 spiro atoms. The lowest BCUT2D eigenvalue weighted by molar-refractivity contribution is 0.626. The van der Waals surface area contributed by atoms with E-state index in [2.05, 4.69) is 59.7 Å². The van der Waals surface area contributed by atoms with Gasteiger partial charge in [-0.3, -0.25) is 5.10 Å². The van der Waals surface area contributed by atoms with Crippen molar-refractivity contribution in [1.82, 2.24) is 15.5 Å². The van der Waals surface area contributed by atoms with Gasteiger partial charge in [-0.15, -0.1) is 11.8 Å². The van der Waals surface area contributed by atoms with E-state index in [9.17, 15) is 5.26 Å². The lowest BCUT2D eigenvalue weighted by atomic mass is 9.92. The predicted octanol–water partition coefficient (Wildman–Crippen LogP) is 6.44. The van der Waals surface area contributed by atoms with Crippen molar-refractivity contribution in [2.45, 2.75) is 37.5 Å². The van der Waals surface area contributed by atoms with Gasteiger partial charge in [0.1, 0.15) is 5.82 Å². The molecule has 0 aliphatic rings. The predicted molar refractivity (Wildman–Crippen MR) is 130 cm³/mol. The Balaban J connectivity index is 1.85. The summed E-state index contributed by atoms with van der Waals surface area (Å²) in [6.45, 7) is 6.80. The number of aryl methyl sites for hydroxylation is 1. The Hall–Kier alpha value is -3.14. The van der Waals surface area contributed by atoms with Gasteiger partial charge in [0.05, 0.1) is 22.8 Å². The molecule has 1 heterocycles. The number of hydrogen-bond acceptors (Lipinski definition) is 4. The zero-order valence-electron chi connectivity index (χ0n) is 18.6. The third kappa shape index (κ3) is 4.27. The lowest BCUT2D eigenvalue weighted by Crippen LogP contribution is -2.06. The highest BCUT2D eigenvalue weighted by Gasteiger charge is 2.18. The molecule has 32 heavy (non-hydrogen) atoms. The summed E-state index contributed by atoms with van der Waals surface area (Å²) in [7, 11) is 1.83. The van der Waals surface area contributed by atoms with Crippen molar-refractivity contribution in [1.29, 1.82) is 5.26 Å². The van der Waals surface area contributed by atoms with Crippen molar-refractivity contribution in [3.63, 3.8) is 0 Å². The summed E-state index contributed by atoms with van der Waals surface area (Å²) in [5, 5.41) is 21.7. The minimum Gasteiger partial charge on any atom is -0.316 e. The second-order valence-corrected chi connectivity index (χ2v) is 9.77. The Kier molecular flexibility index (Phi) is 6.31. The molecular weight excluding hydrogens is 419 g/mol. The number of rotatable bonds is 6. The molecule has 4 nitrogen and oxygen atoms in total. The molecule has 0 aliphatic heterocycles. The van der Waals surface area contributed by atoms with Gasteiger partial charge in [0.15, 0.2) is 0 Å². The molecule has 0 aliphatic carbocycles. The van der Waals surface area contributed by atoms with Gasteiger partial charge in [0, 0.05) is 38.8 Å². The van der Waals surface area contributed by atoms with E-state index in [0.717, 1.165) is 33.3 Å². The number of halogens is 1. The average Bonchev–Trinajstić information content (AvgIpc) is 3.16. The zero-order valence-corrected chi connectivity index (χ0v) is 19.4. The van der Waals surface area contributed by atoms with Crippen LogP contribution in [0.3, 0.4) is 0 Å². The summed E-state index contributed by atoms with van der Waals surface area (Å²) in [5.74, 6) is -0.328. The maximum absolute atomic E-state index is 15.2. The normalized spacial score (nSPS) is 11.3. The molecular formula is C26H25FN4S. The topological polar surface area (TPSA) is 64.5 Å². The third-order valence-corrected chi connectivity index (χ3v) is 6.33. The quantitative estimate of drug-likeness (QED) is 0.336. The third-order valence-electron chi connectivity index (χ3n) is 5.32. The van der Waals surface area contributed by atoms with Gasteiger partial charge >= 0.3 is 0 Å². The van der Waals surface area contributed by atoms with Crippen molar-refractivity contribution in [3.05, 3.63) is 71.0 Å². The number of H-pyrrole nitrogens is 1. The minimum absolute atomic E-state index is 0.328. The maximum Gasteiger partial charge on any atom is 0.131 e. The lowest BCUT2D eigenvalue weighted by Gasteiger charge is -2.13. The molecule has 4 aromatic rings. The second-order valence-electron chi connectivity index (χ2n) is 8.12. The summed E-state index contributed by atoms with van der Waals surface area (Å²) in [6.07, 6.45) is 0. The van der Waals surface area contributed by atoms with E-state index in [1.165, 1.54) is 11.0 Å². The fraction of sp³-hybridized carbons (Fsp3) is 0.231. The fourth-order valence-electron chi connectivity index (χ4n) is 4.01. The summed E-state index contributed by atoms with van der Waals surface area (Å²) in [5.41, 5.74) is 5.64. The van der Waals surface area contributed by atoms with E-state index in [1.54, 1.807) is 6.07 Å². The molecule has 6 heteroatoms. The largest absolute Gasteiger partial charge is 0.316 e. The van der Waals surface area contributed by atoms with Crippen molar-refractivity contribution in [2.75, 3.05) is 7.05 Å². The van der Waals surface area contributed by atoms with Gasteiger partial charge in [-0.05, 0) is 55.4 Å². The molecule has 1 aromatic heterocycles. The van der Waals surface area contributed by atoms with Crippen LogP contribution in [-0.2, 0) is 6.54 Å². The fourth-order valence-corrected chi connectivity index (χ4v) is 4.85. The number of aromatic amines is 1. The van der Waals surface area contributed by atoms with Gasteiger partial charge in [-0.2, -0.15) is 10.4 Å². The van der Waals surface area contributed by atoms with Crippen molar-refractivity contribution in [2.24, 2.45) is 0 Å². The molecule has 3 aromatic carbocycles. The van der Waals surface area contributed by atoms with Crippen molar-refractivity contribution in [3.8, 4) is 28.5 Å². The van der Waals surface area contributed by atoms with Crippen LogP contribution in [0.1, 0.15) is 30.5 Å². The van der Waals surface area contributed by atoms with E-state index in [4.69, 9.17) is 0 Å². The molecule has 0 atom stereocenters. The van der Waals surface area contributed by atoms with E-state index < -0.39 is 0 Å². The van der Waals surface area contributed by atoms with Crippen LogP contribution in [0, 0.1) is 24.1 Å². The molecule has 0 saturated carbocycles. The van der Waals surface area contributed by atoms with Crippen molar-refractivity contribution < 1.29 is 4.39 Å². The smallest absolute Gasteiger partial charge is 0.131 e. The van der Waals surface area contributed by atoms with E-state index in [1.807, 2.05) is 37.9 Å². The Labute approximate surface area is 191 Å². The number of fused-ring (bicyclic) bond motifs is 1. The number of nitriles is 1. The van der Waals surface area contributed by atoms with E-state index >= 15 is 4.39 Å². The summed E-state index contributed by atoms with van der Waals surface area (Å²) in [4.78, 5) is 1.20. The standard InChI is InChI=1S/C26H25FN4S/c1-15(2)32-20-7-5-18(6-8-20)26-22-12-21(19(13-28)11-24(22)30-31-26)25-16(3)9-17(14-29-4)10-23(25)27/h5-12,15,29H,14H2,1-4H3,(H,30,31). The van der Waals surface area contributed by atoms with Gasteiger partial charge in [-0.25, -0.2) is 4.39 Å². The number of thioether (sulfide) groups is 1. The number of nitrogens with one attached hydrogen (secondary N) is 2. The Morgan fingerprint density at radius 2 is 1.91 bits per heavy atom. The first kappa shape index (κ1) is 22.1. The van der Waals surface area contributed by atoms with Crippen LogP contribution in [0.15, 0.2) is 53.4 Å². The number of nitrogens with zero attached hydrogens (tertiary/aromatic N) is 2. The van der Waals surface area contributed by atoms with Crippen LogP contribution in [-0.4, -0.2) is 22.5 Å². The zero-order chi connectivity index (χ0) is 22.8. The molecule has 0 unspecified atom stereocenters. The monoisotopic (exact) mass is 444 g/mol. The van der Waals surface area contributed by atoms with E-state index in [-0.39, 0.29) is 5.82 Å². The van der Waals surface area contributed by atoms with E-state index in [0.29, 0.717) is 28.5 Å². The van der Waals surface area contributed by atoms with Gasteiger partial charge < -0.3 is 5.32 Å².